The molecule has 0 spiro atoms. The number of aliphatic hydroxyl groups excluding tert-OH is 1. The molecule has 1 heterocycles. The van der Waals surface area contributed by atoms with Crippen molar-refractivity contribution in [2.75, 3.05) is 0 Å². The van der Waals surface area contributed by atoms with E-state index in [0.29, 0.717) is 0 Å². The second-order valence-corrected chi connectivity index (χ2v) is 3.11. The fourth-order valence-corrected chi connectivity index (χ4v) is 0.767. The van der Waals surface area contributed by atoms with Gasteiger partial charge < -0.3 is 10.4 Å². The number of hydrogen-bond donors (Lipinski definition) is 2. The molecule has 0 aliphatic rings. The highest BCUT2D eigenvalue weighted by Crippen LogP contribution is 1.93. The Balaban J connectivity index is 2.59. The van der Waals surface area contributed by atoms with E-state index in [0.717, 1.165) is 0 Å². The SMILES string of the molecule is CC(O)C(C)NC(=O)c1nnn(C)n1. The number of rotatable bonds is 3. The first-order chi connectivity index (χ1) is 6.50. The average Bonchev–Trinajstić information content (AvgIpc) is 2.51. The molecule has 1 aromatic rings. The van der Waals surface area contributed by atoms with E-state index in [4.69, 9.17) is 5.11 Å². The van der Waals surface area contributed by atoms with Crippen LogP contribution in [-0.2, 0) is 7.05 Å². The molecule has 7 nitrogen and oxygen atoms in total. The number of aromatic nitrogens is 4. The third-order valence-electron chi connectivity index (χ3n) is 1.79. The monoisotopic (exact) mass is 199 g/mol. The van der Waals surface area contributed by atoms with Gasteiger partial charge >= 0.3 is 0 Å². The molecule has 0 radical (unpaired) electrons. The number of nitrogens with zero attached hydrogens (tertiary/aromatic N) is 4. The van der Waals surface area contributed by atoms with E-state index in [-0.39, 0.29) is 11.9 Å². The van der Waals surface area contributed by atoms with E-state index in [2.05, 4.69) is 20.7 Å². The summed E-state index contributed by atoms with van der Waals surface area (Å²) in [6.07, 6.45) is -0.615. The van der Waals surface area contributed by atoms with Gasteiger partial charge in [0.25, 0.3) is 11.7 Å². The van der Waals surface area contributed by atoms with Gasteiger partial charge in [0.15, 0.2) is 0 Å². The summed E-state index contributed by atoms with van der Waals surface area (Å²) in [5.74, 6) is -0.438. The van der Waals surface area contributed by atoms with Gasteiger partial charge in [0.05, 0.1) is 19.2 Å². The minimum Gasteiger partial charge on any atom is -0.391 e. The maximum Gasteiger partial charge on any atom is 0.293 e. The van der Waals surface area contributed by atoms with Crippen molar-refractivity contribution in [3.8, 4) is 0 Å². The van der Waals surface area contributed by atoms with E-state index in [1.807, 2.05) is 0 Å². The lowest BCUT2D eigenvalue weighted by Gasteiger charge is -2.14. The molecule has 1 aromatic heterocycles. The van der Waals surface area contributed by atoms with Crippen LogP contribution in [-0.4, -0.2) is 43.4 Å². The van der Waals surface area contributed by atoms with Crippen molar-refractivity contribution < 1.29 is 9.90 Å². The summed E-state index contributed by atoms with van der Waals surface area (Å²) in [5, 5.41) is 22.5. The third-order valence-corrected chi connectivity index (χ3v) is 1.79. The van der Waals surface area contributed by atoms with Crippen LogP contribution in [0.25, 0.3) is 0 Å². The molecule has 0 aliphatic heterocycles. The van der Waals surface area contributed by atoms with Gasteiger partial charge in [0, 0.05) is 0 Å². The molecule has 7 heteroatoms. The lowest BCUT2D eigenvalue weighted by molar-refractivity contribution is 0.0863. The molecule has 0 saturated carbocycles. The van der Waals surface area contributed by atoms with Gasteiger partial charge in [-0.15, -0.1) is 10.2 Å². The highest BCUT2D eigenvalue weighted by molar-refractivity contribution is 5.90. The summed E-state index contributed by atoms with van der Waals surface area (Å²) in [7, 11) is 1.57. The predicted octanol–water partition coefficient (Wildman–Crippen LogP) is -1.29. The highest BCUT2D eigenvalue weighted by atomic mass is 16.3. The molecule has 14 heavy (non-hydrogen) atoms. The zero-order valence-corrected chi connectivity index (χ0v) is 8.30. The molecule has 0 aromatic carbocycles. The number of nitrogens with one attached hydrogen (secondary N) is 1. The first-order valence-electron chi connectivity index (χ1n) is 4.23. The van der Waals surface area contributed by atoms with Crippen LogP contribution in [0.3, 0.4) is 0 Å². The van der Waals surface area contributed by atoms with Crippen molar-refractivity contribution in [2.24, 2.45) is 7.05 Å². The highest BCUT2D eigenvalue weighted by Gasteiger charge is 2.16. The molecule has 0 aliphatic carbocycles. The van der Waals surface area contributed by atoms with Gasteiger partial charge in [-0.25, -0.2) is 0 Å². The minimum atomic E-state index is -0.615. The van der Waals surface area contributed by atoms with Crippen LogP contribution in [0.4, 0.5) is 0 Å². The molecule has 1 rings (SSSR count). The second-order valence-electron chi connectivity index (χ2n) is 3.11. The molecular weight excluding hydrogens is 186 g/mol. The van der Waals surface area contributed by atoms with Crippen LogP contribution in [0, 0.1) is 0 Å². The van der Waals surface area contributed by atoms with Crippen molar-refractivity contribution in [1.29, 1.82) is 0 Å². The summed E-state index contributed by atoms with van der Waals surface area (Å²) in [4.78, 5) is 12.6. The largest absolute Gasteiger partial charge is 0.391 e. The molecule has 2 atom stereocenters. The Morgan fingerprint density at radius 1 is 1.57 bits per heavy atom. The van der Waals surface area contributed by atoms with Gasteiger partial charge in [-0.1, -0.05) is 0 Å². The lowest BCUT2D eigenvalue weighted by atomic mass is 10.2. The smallest absolute Gasteiger partial charge is 0.293 e. The lowest BCUT2D eigenvalue weighted by Crippen LogP contribution is -2.40. The van der Waals surface area contributed by atoms with Crippen LogP contribution in [0.1, 0.15) is 24.5 Å². The Labute approximate surface area is 81.1 Å². The van der Waals surface area contributed by atoms with Crippen molar-refractivity contribution in [1.82, 2.24) is 25.5 Å². The summed E-state index contributed by atoms with van der Waals surface area (Å²) in [6, 6.07) is -0.341. The Bertz CT molecular complexity index is 322. The zero-order chi connectivity index (χ0) is 10.7. The number of amides is 1. The fourth-order valence-electron chi connectivity index (χ4n) is 0.767. The molecule has 0 fully saturated rings. The van der Waals surface area contributed by atoms with Gasteiger partial charge in [-0.3, -0.25) is 4.79 Å². The average molecular weight is 199 g/mol. The molecule has 1 amide bonds. The standard InChI is InChI=1S/C7H13N5O2/c1-4(5(2)13)8-7(14)6-9-11-12(3)10-6/h4-5,13H,1-3H3,(H,8,14). The summed E-state index contributed by atoms with van der Waals surface area (Å²) in [6.45, 7) is 3.29. The Morgan fingerprint density at radius 2 is 2.21 bits per heavy atom. The summed E-state index contributed by atoms with van der Waals surface area (Å²) >= 11 is 0. The van der Waals surface area contributed by atoms with Crippen molar-refractivity contribution in [2.45, 2.75) is 26.0 Å². The van der Waals surface area contributed by atoms with Crippen LogP contribution < -0.4 is 5.32 Å². The number of tetrazole rings is 1. The van der Waals surface area contributed by atoms with E-state index >= 15 is 0 Å². The number of aryl methyl sites for hydroxylation is 1. The predicted molar refractivity (Wildman–Crippen MR) is 47.4 cm³/mol. The Morgan fingerprint density at radius 3 is 2.64 bits per heavy atom. The van der Waals surface area contributed by atoms with E-state index in [1.165, 1.54) is 4.80 Å². The summed E-state index contributed by atoms with van der Waals surface area (Å²) in [5.41, 5.74) is 0. The number of carbonyl (C=O) groups excluding carboxylic acids is 1. The molecular formula is C7H13N5O2. The van der Waals surface area contributed by atoms with E-state index in [9.17, 15) is 4.79 Å². The Kier molecular flexibility index (Phi) is 3.13. The molecule has 78 valence electrons. The van der Waals surface area contributed by atoms with E-state index in [1.54, 1.807) is 20.9 Å². The molecule has 0 saturated heterocycles. The van der Waals surface area contributed by atoms with Crippen LogP contribution in [0.2, 0.25) is 0 Å². The topological polar surface area (TPSA) is 92.9 Å². The normalized spacial score (nSPS) is 14.9. The van der Waals surface area contributed by atoms with Crippen molar-refractivity contribution >= 4 is 5.91 Å². The molecule has 2 N–H and O–H groups in total. The first-order valence-corrected chi connectivity index (χ1v) is 4.23. The molecule has 2 unspecified atom stereocenters. The number of hydrogen-bond acceptors (Lipinski definition) is 5. The van der Waals surface area contributed by atoms with Crippen molar-refractivity contribution in [3.63, 3.8) is 0 Å². The second kappa shape index (κ2) is 4.14. The number of aliphatic hydroxyl groups is 1. The van der Waals surface area contributed by atoms with Gasteiger partial charge in [0.1, 0.15) is 0 Å². The van der Waals surface area contributed by atoms with Gasteiger partial charge in [-0.2, -0.15) is 4.80 Å². The van der Waals surface area contributed by atoms with E-state index < -0.39 is 12.0 Å². The maximum atomic E-state index is 11.4. The fraction of sp³-hybridized carbons (Fsp3) is 0.714. The third kappa shape index (κ3) is 2.49. The summed E-state index contributed by atoms with van der Waals surface area (Å²) < 4.78 is 0. The first kappa shape index (κ1) is 10.6. The van der Waals surface area contributed by atoms with Gasteiger partial charge in [0.2, 0.25) is 0 Å². The quantitative estimate of drug-likeness (QED) is 0.631. The van der Waals surface area contributed by atoms with Gasteiger partial charge in [-0.05, 0) is 19.1 Å². The maximum absolute atomic E-state index is 11.4. The Hall–Kier alpha value is -1.50. The van der Waals surface area contributed by atoms with Crippen LogP contribution in [0.5, 0.6) is 0 Å². The van der Waals surface area contributed by atoms with Crippen LogP contribution in [0.15, 0.2) is 0 Å². The van der Waals surface area contributed by atoms with Crippen LogP contribution >= 0.6 is 0 Å². The molecule has 0 bridgehead atoms. The minimum absolute atomic E-state index is 0.000000000000000444. The van der Waals surface area contributed by atoms with Crippen molar-refractivity contribution in [3.05, 3.63) is 5.82 Å². The number of carbonyl (C=O) groups is 1. The zero-order valence-electron chi connectivity index (χ0n) is 8.30.